The lowest BCUT2D eigenvalue weighted by atomic mass is 10.1. The molecule has 0 bridgehead atoms. The number of non-ortho nitro benzene ring substituents is 1. The van der Waals surface area contributed by atoms with Gasteiger partial charge in [-0.2, -0.15) is 13.2 Å². The summed E-state index contributed by atoms with van der Waals surface area (Å²) in [6.07, 6.45) is -5.39. The zero-order valence-corrected chi connectivity index (χ0v) is 13.6. The molecule has 0 fully saturated rings. The van der Waals surface area contributed by atoms with Gasteiger partial charge in [-0.15, -0.1) is 16.7 Å². The van der Waals surface area contributed by atoms with Crippen LogP contribution in [-0.4, -0.2) is 11.1 Å². The van der Waals surface area contributed by atoms with E-state index < -0.39 is 22.8 Å². The minimum Gasteiger partial charge on any atom is -0.258 e. The number of benzene rings is 2. The van der Waals surface area contributed by atoms with Gasteiger partial charge < -0.3 is 0 Å². The number of nitrogens with zero attached hydrogens (tertiary/aromatic N) is 2. The summed E-state index contributed by atoms with van der Waals surface area (Å²) < 4.78 is 37.8. The number of rotatable bonds is 7. The third kappa shape index (κ3) is 5.86. The molecule has 132 valence electrons. The molecule has 0 aliphatic heterocycles. The predicted octanol–water partition coefficient (Wildman–Crippen LogP) is 6.17. The van der Waals surface area contributed by atoms with E-state index in [2.05, 4.69) is 5.18 Å². The van der Waals surface area contributed by atoms with Crippen molar-refractivity contribution in [2.75, 3.05) is 0 Å². The van der Waals surface area contributed by atoms with Crippen LogP contribution in [0.1, 0.15) is 23.7 Å². The van der Waals surface area contributed by atoms with Crippen molar-refractivity contribution < 1.29 is 18.1 Å². The van der Waals surface area contributed by atoms with E-state index in [1.54, 1.807) is 12.1 Å². The van der Waals surface area contributed by atoms with Crippen molar-refractivity contribution in [2.24, 2.45) is 5.18 Å². The number of halogens is 3. The lowest BCUT2D eigenvalue weighted by molar-refractivity contribution is -0.384. The van der Waals surface area contributed by atoms with Gasteiger partial charge in [0.2, 0.25) is 0 Å². The van der Waals surface area contributed by atoms with Crippen LogP contribution in [0.5, 0.6) is 0 Å². The van der Waals surface area contributed by atoms with Crippen molar-refractivity contribution in [1.29, 1.82) is 0 Å². The molecule has 0 saturated carbocycles. The maximum atomic E-state index is 12.6. The summed E-state index contributed by atoms with van der Waals surface area (Å²) in [7, 11) is 0. The molecule has 0 N–H and O–H groups in total. The molecule has 0 aromatic heterocycles. The first-order chi connectivity index (χ1) is 11.8. The molecular weight excluding hydrogens is 357 g/mol. The Labute approximate surface area is 145 Å². The Bertz CT molecular complexity index is 734. The van der Waals surface area contributed by atoms with Gasteiger partial charge in [-0.05, 0) is 41.4 Å². The molecule has 5 nitrogen and oxygen atoms in total. The molecule has 0 spiro atoms. The van der Waals surface area contributed by atoms with E-state index in [4.69, 9.17) is 0 Å². The van der Waals surface area contributed by atoms with Gasteiger partial charge in [0.15, 0.2) is 0 Å². The van der Waals surface area contributed by atoms with Crippen LogP contribution in [-0.2, 0) is 0 Å². The summed E-state index contributed by atoms with van der Waals surface area (Å²) in [5.74, 6) is 0. The van der Waals surface area contributed by atoms with Crippen LogP contribution in [0.15, 0.2) is 58.6 Å². The Morgan fingerprint density at radius 2 is 1.68 bits per heavy atom. The molecule has 0 aliphatic rings. The van der Waals surface area contributed by atoms with Gasteiger partial charge in [0.05, 0.1) is 4.92 Å². The molecule has 25 heavy (non-hydrogen) atoms. The van der Waals surface area contributed by atoms with Crippen LogP contribution in [0.25, 0.3) is 0 Å². The quantitative estimate of drug-likeness (QED) is 0.253. The van der Waals surface area contributed by atoms with Crippen LogP contribution in [0, 0.1) is 15.0 Å². The highest BCUT2D eigenvalue weighted by atomic mass is 32.2. The zero-order chi connectivity index (χ0) is 18.4. The minimum atomic E-state index is -4.28. The van der Waals surface area contributed by atoms with Crippen molar-refractivity contribution in [3.05, 3.63) is 69.1 Å². The first-order valence-electron chi connectivity index (χ1n) is 7.19. The second-order valence-corrected chi connectivity index (χ2v) is 6.47. The molecule has 9 heteroatoms. The number of nitroso groups, excluding NO2 is 1. The maximum Gasteiger partial charge on any atom is 0.389 e. The van der Waals surface area contributed by atoms with Crippen molar-refractivity contribution in [1.82, 2.24) is 0 Å². The summed E-state index contributed by atoms with van der Waals surface area (Å²) in [6.45, 7) is 0. The van der Waals surface area contributed by atoms with E-state index in [1.165, 1.54) is 48.2 Å². The first-order valence-corrected chi connectivity index (χ1v) is 8.07. The zero-order valence-electron chi connectivity index (χ0n) is 12.8. The molecule has 0 saturated heterocycles. The molecule has 0 aliphatic carbocycles. The first kappa shape index (κ1) is 18.9. The third-order valence-electron chi connectivity index (χ3n) is 3.39. The lowest BCUT2D eigenvalue weighted by Crippen LogP contribution is -2.09. The van der Waals surface area contributed by atoms with Crippen molar-refractivity contribution >= 4 is 23.1 Å². The summed E-state index contributed by atoms with van der Waals surface area (Å²) in [5.41, 5.74) is 0.733. The normalized spacial score (nSPS) is 12.6. The Morgan fingerprint density at radius 3 is 2.16 bits per heavy atom. The smallest absolute Gasteiger partial charge is 0.258 e. The maximum absolute atomic E-state index is 12.6. The van der Waals surface area contributed by atoms with E-state index in [9.17, 15) is 28.2 Å². The van der Waals surface area contributed by atoms with Crippen molar-refractivity contribution in [3.63, 3.8) is 0 Å². The number of nitro benzene ring substituents is 1. The third-order valence-corrected chi connectivity index (χ3v) is 4.72. The molecule has 2 rings (SSSR count). The summed E-state index contributed by atoms with van der Waals surface area (Å²) in [5, 5.41) is 12.9. The number of hydrogen-bond acceptors (Lipinski definition) is 5. The number of alkyl halides is 3. The molecule has 0 heterocycles. The van der Waals surface area contributed by atoms with E-state index in [1.807, 2.05) is 0 Å². The topological polar surface area (TPSA) is 72.6 Å². The Balaban J connectivity index is 2.20. The predicted molar refractivity (Wildman–Crippen MR) is 88.9 cm³/mol. The monoisotopic (exact) mass is 370 g/mol. The van der Waals surface area contributed by atoms with Gasteiger partial charge in [0, 0.05) is 28.7 Å². The summed E-state index contributed by atoms with van der Waals surface area (Å²) in [6, 6.07) is 11.6. The number of nitro groups is 1. The van der Waals surface area contributed by atoms with Crippen molar-refractivity contribution in [2.45, 2.75) is 29.2 Å². The molecule has 1 atom stereocenters. The number of hydrogen-bond donors (Lipinski definition) is 0. The van der Waals surface area contributed by atoms with Crippen LogP contribution < -0.4 is 0 Å². The van der Waals surface area contributed by atoms with Gasteiger partial charge in [-0.3, -0.25) is 10.1 Å². The van der Waals surface area contributed by atoms with Crippen LogP contribution >= 0.6 is 11.8 Å². The molecule has 1 unspecified atom stereocenters. The molecule has 0 radical (unpaired) electrons. The Morgan fingerprint density at radius 1 is 1.08 bits per heavy atom. The summed E-state index contributed by atoms with van der Waals surface area (Å²) in [4.78, 5) is 21.2. The standard InChI is InChI=1S/C16H13F3N2O3S/c17-16(18,19)10-9-15(11-1-3-12(20-22)4-2-11)25-14-7-5-13(6-8-14)21(23)24/h1-8,15H,9-10H2. The average Bonchev–Trinajstić information content (AvgIpc) is 2.58. The van der Waals surface area contributed by atoms with E-state index in [0.717, 1.165) is 0 Å². The fourth-order valence-electron chi connectivity index (χ4n) is 2.15. The molecular formula is C16H13F3N2O3S. The van der Waals surface area contributed by atoms with Gasteiger partial charge in [-0.1, -0.05) is 12.1 Å². The fourth-order valence-corrected chi connectivity index (χ4v) is 3.30. The van der Waals surface area contributed by atoms with Gasteiger partial charge in [-0.25, -0.2) is 0 Å². The molecule has 0 amide bonds. The fraction of sp³-hybridized carbons (Fsp3) is 0.250. The van der Waals surface area contributed by atoms with E-state index >= 15 is 0 Å². The van der Waals surface area contributed by atoms with Gasteiger partial charge >= 0.3 is 6.18 Å². The van der Waals surface area contributed by atoms with Crippen molar-refractivity contribution in [3.8, 4) is 0 Å². The largest absolute Gasteiger partial charge is 0.389 e. The molecule has 2 aromatic carbocycles. The highest BCUT2D eigenvalue weighted by Crippen LogP contribution is 2.41. The second-order valence-electron chi connectivity index (χ2n) is 5.19. The minimum absolute atomic E-state index is 0.0856. The van der Waals surface area contributed by atoms with Gasteiger partial charge in [0.1, 0.15) is 5.69 Å². The number of thioether (sulfide) groups is 1. The highest BCUT2D eigenvalue weighted by molar-refractivity contribution is 7.99. The molecule has 2 aromatic rings. The van der Waals surface area contributed by atoms with Crippen LogP contribution in [0.3, 0.4) is 0 Å². The Kier molecular flexibility index (Phi) is 6.13. The van der Waals surface area contributed by atoms with E-state index in [0.29, 0.717) is 10.5 Å². The SMILES string of the molecule is O=Nc1ccc(C(CCC(F)(F)F)Sc2ccc([N+](=O)[O-])cc2)cc1. The van der Waals surface area contributed by atoms with Crippen LogP contribution in [0.2, 0.25) is 0 Å². The highest BCUT2D eigenvalue weighted by Gasteiger charge is 2.29. The average molecular weight is 370 g/mol. The second kappa shape index (κ2) is 8.11. The van der Waals surface area contributed by atoms with Gasteiger partial charge in [0.25, 0.3) is 5.69 Å². The van der Waals surface area contributed by atoms with E-state index in [-0.39, 0.29) is 17.8 Å². The Hall–Kier alpha value is -2.42. The summed E-state index contributed by atoms with van der Waals surface area (Å²) >= 11 is 1.19. The lowest BCUT2D eigenvalue weighted by Gasteiger charge is -2.18. The van der Waals surface area contributed by atoms with Crippen LogP contribution in [0.4, 0.5) is 24.5 Å².